The van der Waals surface area contributed by atoms with Gasteiger partial charge in [-0.1, -0.05) is 18.2 Å². The Bertz CT molecular complexity index is 1150. The van der Waals surface area contributed by atoms with Gasteiger partial charge in [0, 0.05) is 23.5 Å². The number of aliphatic hydroxyl groups excluding tert-OH is 2. The van der Waals surface area contributed by atoms with E-state index in [4.69, 9.17) is 5.73 Å². The molecule has 0 fully saturated rings. The summed E-state index contributed by atoms with van der Waals surface area (Å²) >= 11 is 0. The predicted molar refractivity (Wildman–Crippen MR) is 129 cm³/mol. The topological polar surface area (TPSA) is 244 Å². The van der Waals surface area contributed by atoms with E-state index in [0.29, 0.717) is 5.56 Å². The predicted octanol–water partition coefficient (Wildman–Crippen LogP) is -2.19. The van der Waals surface area contributed by atoms with Gasteiger partial charge in [-0.05, 0) is 25.5 Å². The van der Waals surface area contributed by atoms with Crippen LogP contribution in [-0.4, -0.2) is 91.4 Å². The largest absolute Gasteiger partial charge is 0.481 e. The van der Waals surface area contributed by atoms with E-state index in [1.165, 1.54) is 6.92 Å². The molecule has 0 spiro atoms. The van der Waals surface area contributed by atoms with Crippen LogP contribution in [0.25, 0.3) is 10.9 Å². The van der Waals surface area contributed by atoms with Gasteiger partial charge >= 0.3 is 11.9 Å². The quantitative estimate of drug-likeness (QED) is 0.138. The number of carboxylic acid groups (broad SMARTS) is 2. The highest BCUT2D eigenvalue weighted by Gasteiger charge is 2.33. The molecule has 2 aromatic rings. The van der Waals surface area contributed by atoms with Crippen LogP contribution in [0.2, 0.25) is 0 Å². The highest BCUT2D eigenvalue weighted by molar-refractivity contribution is 5.96. The van der Waals surface area contributed by atoms with E-state index in [9.17, 15) is 44.4 Å². The number of aliphatic carboxylic acids is 2. The summed E-state index contributed by atoms with van der Waals surface area (Å²) in [6.07, 6.45) is -2.15. The second kappa shape index (κ2) is 12.8. The second-order valence-corrected chi connectivity index (χ2v) is 8.62. The average molecular weight is 522 g/mol. The Morgan fingerprint density at radius 2 is 1.49 bits per heavy atom. The minimum absolute atomic E-state index is 0.0963. The van der Waals surface area contributed by atoms with Gasteiger partial charge < -0.3 is 47.1 Å². The molecule has 0 saturated heterocycles. The molecule has 3 amide bonds. The van der Waals surface area contributed by atoms with Crippen LogP contribution in [0, 0.1) is 0 Å². The Morgan fingerprint density at radius 3 is 2.05 bits per heavy atom. The number of hydrogen-bond acceptors (Lipinski definition) is 8. The Hall–Kier alpha value is -4.01. The van der Waals surface area contributed by atoms with E-state index in [-0.39, 0.29) is 6.42 Å². The van der Waals surface area contributed by atoms with Crippen molar-refractivity contribution in [3.8, 4) is 0 Å². The van der Waals surface area contributed by atoms with Crippen molar-refractivity contribution >= 4 is 40.6 Å². The molecule has 0 aliphatic heterocycles. The van der Waals surface area contributed by atoms with Crippen molar-refractivity contribution in [2.75, 3.05) is 0 Å². The number of hydrogen-bond donors (Lipinski definition) is 9. The summed E-state index contributed by atoms with van der Waals surface area (Å²) in [7, 11) is 0. The number of nitrogens with one attached hydrogen (secondary N) is 4. The first-order valence-corrected chi connectivity index (χ1v) is 11.3. The molecule has 1 heterocycles. The summed E-state index contributed by atoms with van der Waals surface area (Å²) in [5, 5.41) is 45.1. The summed E-state index contributed by atoms with van der Waals surface area (Å²) in [5.41, 5.74) is 7.04. The number of aliphatic hydroxyl groups is 2. The van der Waals surface area contributed by atoms with Crippen LogP contribution in [0.5, 0.6) is 0 Å². The van der Waals surface area contributed by atoms with Crippen LogP contribution in [0.3, 0.4) is 0 Å². The first kappa shape index (κ1) is 29.2. The van der Waals surface area contributed by atoms with E-state index >= 15 is 0 Å². The Labute approximate surface area is 211 Å². The number of aromatic amines is 1. The number of benzene rings is 1. The van der Waals surface area contributed by atoms with Crippen molar-refractivity contribution in [3.63, 3.8) is 0 Å². The molecule has 2 rings (SSSR count). The number of carbonyl (C=O) groups excluding carboxylic acids is 3. The Balaban J connectivity index is 2.32. The van der Waals surface area contributed by atoms with Gasteiger partial charge in [-0.15, -0.1) is 0 Å². The number of fused-ring (bicyclic) bond motifs is 1. The Kier molecular flexibility index (Phi) is 10.1. The van der Waals surface area contributed by atoms with E-state index < -0.39 is 72.5 Å². The lowest BCUT2D eigenvalue weighted by Crippen LogP contribution is -2.59. The molecule has 6 unspecified atom stereocenters. The van der Waals surface area contributed by atoms with Crippen LogP contribution in [-0.2, 0) is 30.4 Å². The summed E-state index contributed by atoms with van der Waals surface area (Å²) in [6.45, 7) is 2.40. The fraction of sp³-hybridized carbons (Fsp3) is 0.435. The van der Waals surface area contributed by atoms with Crippen LogP contribution in [0.1, 0.15) is 25.8 Å². The van der Waals surface area contributed by atoms with Gasteiger partial charge in [0.2, 0.25) is 17.7 Å². The zero-order chi connectivity index (χ0) is 27.9. The van der Waals surface area contributed by atoms with Crippen molar-refractivity contribution in [2.24, 2.45) is 5.73 Å². The lowest BCUT2D eigenvalue weighted by atomic mass is 10.0. The summed E-state index contributed by atoms with van der Waals surface area (Å²) in [5.74, 6) is -6.03. The van der Waals surface area contributed by atoms with Gasteiger partial charge in [-0.25, -0.2) is 4.79 Å². The third-order valence-electron chi connectivity index (χ3n) is 5.61. The number of carboxylic acids is 2. The van der Waals surface area contributed by atoms with Gasteiger partial charge in [0.05, 0.1) is 18.6 Å². The number of rotatable bonds is 13. The van der Waals surface area contributed by atoms with Crippen molar-refractivity contribution < 1.29 is 44.4 Å². The molecule has 1 aromatic carbocycles. The molecule has 10 N–H and O–H groups in total. The number of aromatic nitrogens is 1. The number of nitrogens with two attached hydrogens (primary N) is 1. The third-order valence-corrected chi connectivity index (χ3v) is 5.61. The lowest BCUT2D eigenvalue weighted by Gasteiger charge is -2.25. The fourth-order valence-corrected chi connectivity index (χ4v) is 3.52. The first-order valence-electron chi connectivity index (χ1n) is 11.3. The SMILES string of the molecule is CC(O)C(N)C(=O)NC(Cc1c[nH]c2ccccc12)C(=O)NC(CC(=O)O)C(=O)NC(C(=O)O)C(C)O. The first-order chi connectivity index (χ1) is 17.3. The molecule has 0 aliphatic rings. The van der Waals surface area contributed by atoms with Crippen LogP contribution < -0.4 is 21.7 Å². The van der Waals surface area contributed by atoms with Gasteiger partial charge in [0.1, 0.15) is 18.1 Å². The number of para-hydroxylation sites is 1. The Morgan fingerprint density at radius 1 is 0.892 bits per heavy atom. The normalized spacial score (nSPS) is 16.0. The van der Waals surface area contributed by atoms with E-state index in [0.717, 1.165) is 17.8 Å². The number of carbonyl (C=O) groups is 5. The maximum absolute atomic E-state index is 13.2. The standard InChI is InChI=1S/C23H31N5O9/c1-10(29)18(24)22(35)27-15(7-12-9-25-14-6-4-3-5-13(12)14)20(33)26-16(8-17(31)32)21(34)28-19(11(2)30)23(36)37/h3-6,9-11,15-16,18-19,25,29-30H,7-8,24H2,1-2H3,(H,26,33)(H,27,35)(H,28,34)(H,31,32)(H,36,37). The molecule has 202 valence electrons. The average Bonchev–Trinajstić information content (AvgIpc) is 3.22. The van der Waals surface area contributed by atoms with Gasteiger partial charge in [-0.3, -0.25) is 19.2 Å². The van der Waals surface area contributed by atoms with Crippen molar-refractivity contribution in [1.29, 1.82) is 0 Å². The van der Waals surface area contributed by atoms with Crippen molar-refractivity contribution in [2.45, 2.75) is 63.1 Å². The molecule has 0 aliphatic carbocycles. The van der Waals surface area contributed by atoms with Gasteiger partial charge in [0.25, 0.3) is 0 Å². The maximum Gasteiger partial charge on any atom is 0.328 e. The number of H-pyrrole nitrogens is 1. The van der Waals surface area contributed by atoms with Gasteiger partial charge in [0.15, 0.2) is 6.04 Å². The molecule has 14 heteroatoms. The molecule has 6 atom stereocenters. The molecule has 0 saturated carbocycles. The second-order valence-electron chi connectivity index (χ2n) is 8.62. The summed E-state index contributed by atoms with van der Waals surface area (Å²) in [6, 6.07) is 0.913. The number of amides is 3. The lowest BCUT2D eigenvalue weighted by molar-refractivity contribution is -0.146. The van der Waals surface area contributed by atoms with Crippen LogP contribution >= 0.6 is 0 Å². The van der Waals surface area contributed by atoms with Crippen LogP contribution in [0.4, 0.5) is 0 Å². The minimum Gasteiger partial charge on any atom is -0.481 e. The zero-order valence-electron chi connectivity index (χ0n) is 20.2. The smallest absolute Gasteiger partial charge is 0.328 e. The third kappa shape index (κ3) is 7.99. The molecular weight excluding hydrogens is 490 g/mol. The van der Waals surface area contributed by atoms with Crippen LogP contribution in [0.15, 0.2) is 30.5 Å². The van der Waals surface area contributed by atoms with Crippen molar-refractivity contribution in [3.05, 3.63) is 36.0 Å². The minimum atomic E-state index is -1.76. The molecule has 37 heavy (non-hydrogen) atoms. The van der Waals surface area contributed by atoms with E-state index in [1.54, 1.807) is 30.5 Å². The molecule has 0 bridgehead atoms. The highest BCUT2D eigenvalue weighted by Crippen LogP contribution is 2.19. The summed E-state index contributed by atoms with van der Waals surface area (Å²) < 4.78 is 0. The molecule has 0 radical (unpaired) electrons. The zero-order valence-corrected chi connectivity index (χ0v) is 20.2. The molecule has 1 aromatic heterocycles. The van der Waals surface area contributed by atoms with Crippen molar-refractivity contribution in [1.82, 2.24) is 20.9 Å². The fourth-order valence-electron chi connectivity index (χ4n) is 3.52. The monoisotopic (exact) mass is 521 g/mol. The maximum atomic E-state index is 13.2. The van der Waals surface area contributed by atoms with E-state index in [2.05, 4.69) is 15.6 Å². The highest BCUT2D eigenvalue weighted by atomic mass is 16.4. The van der Waals surface area contributed by atoms with E-state index in [1.807, 2.05) is 5.32 Å². The molecule has 14 nitrogen and oxygen atoms in total. The van der Waals surface area contributed by atoms with Gasteiger partial charge in [-0.2, -0.15) is 0 Å². The summed E-state index contributed by atoms with van der Waals surface area (Å²) in [4.78, 5) is 64.1. The molecular formula is C23H31N5O9.